The molecule has 2 fully saturated rings. The van der Waals surface area contributed by atoms with E-state index in [0.717, 1.165) is 31.2 Å². The molecule has 1 aliphatic heterocycles. The van der Waals surface area contributed by atoms with Gasteiger partial charge in [-0.2, -0.15) is 0 Å². The van der Waals surface area contributed by atoms with Gasteiger partial charge in [-0.3, -0.25) is 4.79 Å². The van der Waals surface area contributed by atoms with Gasteiger partial charge in [-0.05, 0) is 42.7 Å². The molecule has 1 aliphatic carbocycles. The zero-order chi connectivity index (χ0) is 14.9. The van der Waals surface area contributed by atoms with E-state index in [1.165, 1.54) is 5.56 Å². The normalized spacial score (nSPS) is 27.6. The summed E-state index contributed by atoms with van der Waals surface area (Å²) in [6, 6.07) is 7.78. The number of carboxylic acid groups (broad SMARTS) is 1. The Labute approximate surface area is 123 Å². The molecule has 1 heterocycles. The SMILES string of the molecule is O=C(O)Cc1ccc(CC2CCC3(COC(=O)N3)C2)cc1. The molecule has 2 unspecified atom stereocenters. The van der Waals surface area contributed by atoms with Gasteiger partial charge >= 0.3 is 12.1 Å². The number of carbonyl (C=O) groups excluding carboxylic acids is 1. The van der Waals surface area contributed by atoms with Crippen molar-refractivity contribution in [3.63, 3.8) is 0 Å². The van der Waals surface area contributed by atoms with Crippen molar-refractivity contribution < 1.29 is 19.4 Å². The molecule has 1 amide bonds. The fourth-order valence-electron chi connectivity index (χ4n) is 3.45. The fourth-order valence-corrected chi connectivity index (χ4v) is 3.45. The van der Waals surface area contributed by atoms with Gasteiger partial charge in [-0.1, -0.05) is 24.3 Å². The highest BCUT2D eigenvalue weighted by Crippen LogP contribution is 2.38. The van der Waals surface area contributed by atoms with Crippen LogP contribution in [0.15, 0.2) is 24.3 Å². The largest absolute Gasteiger partial charge is 0.481 e. The predicted molar refractivity (Wildman–Crippen MR) is 76.0 cm³/mol. The second-order valence-electron chi connectivity index (χ2n) is 6.18. The number of amides is 1. The first-order valence-corrected chi connectivity index (χ1v) is 7.29. The van der Waals surface area contributed by atoms with Crippen LogP contribution < -0.4 is 5.32 Å². The quantitative estimate of drug-likeness (QED) is 0.890. The van der Waals surface area contributed by atoms with E-state index in [0.29, 0.717) is 12.5 Å². The third-order valence-electron chi connectivity index (χ3n) is 4.46. The number of aliphatic carboxylic acids is 1. The van der Waals surface area contributed by atoms with Gasteiger partial charge in [0.1, 0.15) is 6.61 Å². The summed E-state index contributed by atoms with van der Waals surface area (Å²) in [6.45, 7) is 0.486. The smallest absolute Gasteiger partial charge is 0.407 e. The first-order chi connectivity index (χ1) is 10.0. The van der Waals surface area contributed by atoms with Crippen LogP contribution in [0.4, 0.5) is 4.79 Å². The van der Waals surface area contributed by atoms with Crippen molar-refractivity contribution in [3.05, 3.63) is 35.4 Å². The number of cyclic esters (lactones) is 1. The van der Waals surface area contributed by atoms with Gasteiger partial charge in [0.15, 0.2) is 0 Å². The molecule has 1 aromatic rings. The molecular weight excluding hydrogens is 270 g/mol. The Morgan fingerprint density at radius 3 is 2.67 bits per heavy atom. The summed E-state index contributed by atoms with van der Waals surface area (Å²) in [4.78, 5) is 21.9. The van der Waals surface area contributed by atoms with E-state index in [1.807, 2.05) is 24.3 Å². The lowest BCUT2D eigenvalue weighted by Crippen LogP contribution is -2.40. The minimum atomic E-state index is -0.808. The molecular formula is C16H19NO4. The van der Waals surface area contributed by atoms with E-state index >= 15 is 0 Å². The van der Waals surface area contributed by atoms with Gasteiger partial charge in [0.25, 0.3) is 0 Å². The molecule has 5 nitrogen and oxygen atoms in total. The summed E-state index contributed by atoms with van der Waals surface area (Å²) >= 11 is 0. The van der Waals surface area contributed by atoms with Gasteiger partial charge in [0.05, 0.1) is 12.0 Å². The summed E-state index contributed by atoms with van der Waals surface area (Å²) in [7, 11) is 0. The van der Waals surface area contributed by atoms with E-state index in [2.05, 4.69) is 5.32 Å². The van der Waals surface area contributed by atoms with Crippen LogP contribution >= 0.6 is 0 Å². The number of carboxylic acids is 1. The second-order valence-corrected chi connectivity index (χ2v) is 6.18. The van der Waals surface area contributed by atoms with Crippen LogP contribution in [0.25, 0.3) is 0 Å². The second kappa shape index (κ2) is 5.39. The van der Waals surface area contributed by atoms with Crippen LogP contribution in [0.5, 0.6) is 0 Å². The lowest BCUT2D eigenvalue weighted by atomic mass is 9.93. The van der Waals surface area contributed by atoms with Crippen LogP contribution in [-0.2, 0) is 22.4 Å². The average molecular weight is 289 g/mol. The first-order valence-electron chi connectivity index (χ1n) is 7.29. The predicted octanol–water partition coefficient (Wildman–Crippen LogP) is 2.13. The van der Waals surface area contributed by atoms with Crippen LogP contribution in [0.3, 0.4) is 0 Å². The monoisotopic (exact) mass is 289 g/mol. The number of alkyl carbamates (subject to hydrolysis) is 1. The van der Waals surface area contributed by atoms with Crippen molar-refractivity contribution in [2.75, 3.05) is 6.61 Å². The summed E-state index contributed by atoms with van der Waals surface area (Å²) < 4.78 is 5.04. The standard InChI is InChI=1S/C16H19NO4/c18-14(19)8-12-3-1-11(2-4-12)7-13-5-6-16(9-13)10-21-15(20)17-16/h1-4,13H,5-10H2,(H,17,20)(H,18,19). The number of hydrogen-bond donors (Lipinski definition) is 2. The zero-order valence-corrected chi connectivity index (χ0v) is 11.8. The van der Waals surface area contributed by atoms with Crippen molar-refractivity contribution in [1.82, 2.24) is 5.32 Å². The number of benzene rings is 1. The minimum Gasteiger partial charge on any atom is -0.481 e. The number of hydrogen-bond acceptors (Lipinski definition) is 3. The van der Waals surface area contributed by atoms with Crippen molar-refractivity contribution in [3.8, 4) is 0 Å². The topological polar surface area (TPSA) is 75.6 Å². The maximum Gasteiger partial charge on any atom is 0.407 e. The average Bonchev–Trinajstić information content (AvgIpc) is 2.98. The Kier molecular flexibility index (Phi) is 3.57. The third kappa shape index (κ3) is 3.17. The number of carbonyl (C=O) groups is 2. The Balaban J connectivity index is 1.58. The molecule has 2 atom stereocenters. The van der Waals surface area contributed by atoms with Crippen LogP contribution in [0.1, 0.15) is 30.4 Å². The highest BCUT2D eigenvalue weighted by atomic mass is 16.6. The molecule has 112 valence electrons. The van der Waals surface area contributed by atoms with Gasteiger partial charge in [-0.25, -0.2) is 4.79 Å². The highest BCUT2D eigenvalue weighted by molar-refractivity contribution is 5.71. The number of rotatable bonds is 4. The van der Waals surface area contributed by atoms with Crippen LogP contribution in [0, 0.1) is 5.92 Å². The van der Waals surface area contributed by atoms with Crippen molar-refractivity contribution in [2.45, 2.75) is 37.6 Å². The Morgan fingerprint density at radius 2 is 2.05 bits per heavy atom. The lowest BCUT2D eigenvalue weighted by molar-refractivity contribution is -0.136. The lowest BCUT2D eigenvalue weighted by Gasteiger charge is -2.20. The Bertz CT molecular complexity index is 554. The van der Waals surface area contributed by atoms with E-state index in [1.54, 1.807) is 0 Å². The first kappa shape index (κ1) is 13.9. The highest BCUT2D eigenvalue weighted by Gasteiger charge is 2.45. The molecule has 0 radical (unpaired) electrons. The Morgan fingerprint density at radius 1 is 1.33 bits per heavy atom. The van der Waals surface area contributed by atoms with Gasteiger partial charge in [-0.15, -0.1) is 0 Å². The van der Waals surface area contributed by atoms with E-state index in [4.69, 9.17) is 9.84 Å². The molecule has 1 spiro atoms. The van der Waals surface area contributed by atoms with Crippen LogP contribution in [0.2, 0.25) is 0 Å². The van der Waals surface area contributed by atoms with Gasteiger partial charge < -0.3 is 15.2 Å². The van der Waals surface area contributed by atoms with Crippen molar-refractivity contribution in [1.29, 1.82) is 0 Å². The maximum absolute atomic E-state index is 11.2. The van der Waals surface area contributed by atoms with E-state index < -0.39 is 5.97 Å². The van der Waals surface area contributed by atoms with E-state index in [-0.39, 0.29) is 18.1 Å². The number of nitrogens with one attached hydrogen (secondary N) is 1. The summed E-state index contributed by atoms with van der Waals surface area (Å²) in [5.41, 5.74) is 1.90. The maximum atomic E-state index is 11.2. The van der Waals surface area contributed by atoms with Crippen LogP contribution in [-0.4, -0.2) is 29.3 Å². The molecule has 5 heteroatoms. The van der Waals surface area contributed by atoms with Crippen molar-refractivity contribution in [2.24, 2.45) is 5.92 Å². The molecule has 3 rings (SSSR count). The van der Waals surface area contributed by atoms with Gasteiger partial charge in [0.2, 0.25) is 0 Å². The Hall–Kier alpha value is -2.04. The molecule has 1 aromatic carbocycles. The number of ether oxygens (including phenoxy) is 1. The minimum absolute atomic E-state index is 0.0657. The molecule has 2 N–H and O–H groups in total. The summed E-state index contributed by atoms with van der Waals surface area (Å²) in [5, 5.41) is 11.7. The molecule has 0 bridgehead atoms. The fraction of sp³-hybridized carbons (Fsp3) is 0.500. The molecule has 1 saturated heterocycles. The van der Waals surface area contributed by atoms with Gasteiger partial charge in [0, 0.05) is 0 Å². The summed E-state index contributed by atoms with van der Waals surface area (Å²) in [5.74, 6) is -0.269. The molecule has 2 aliphatic rings. The zero-order valence-electron chi connectivity index (χ0n) is 11.8. The molecule has 1 saturated carbocycles. The third-order valence-corrected chi connectivity index (χ3v) is 4.46. The molecule has 21 heavy (non-hydrogen) atoms. The molecule has 0 aromatic heterocycles. The van der Waals surface area contributed by atoms with E-state index in [9.17, 15) is 9.59 Å². The summed E-state index contributed by atoms with van der Waals surface area (Å²) in [6.07, 6.45) is 3.74. The van der Waals surface area contributed by atoms with Crippen molar-refractivity contribution >= 4 is 12.1 Å².